The van der Waals surface area contributed by atoms with Gasteiger partial charge in [-0.3, -0.25) is 0 Å². The fraction of sp³-hybridized carbons (Fsp3) is 0.667. The van der Waals surface area contributed by atoms with E-state index >= 15 is 0 Å². The summed E-state index contributed by atoms with van der Waals surface area (Å²) in [6.07, 6.45) is 5.87. The molecule has 0 aromatic heterocycles. The summed E-state index contributed by atoms with van der Waals surface area (Å²) in [5, 5.41) is 0. The molecule has 0 amide bonds. The zero-order chi connectivity index (χ0) is 8.81. The van der Waals surface area contributed by atoms with Crippen LogP contribution < -0.4 is 0 Å². The van der Waals surface area contributed by atoms with Crippen molar-refractivity contribution in [2.75, 3.05) is 18.8 Å². The third-order valence-electron chi connectivity index (χ3n) is 1.94. The summed E-state index contributed by atoms with van der Waals surface area (Å²) in [4.78, 5) is 2.31. The van der Waals surface area contributed by atoms with Gasteiger partial charge in [0.15, 0.2) is 0 Å². The monoisotopic (exact) mass is 201 g/mol. The summed E-state index contributed by atoms with van der Waals surface area (Å²) in [5.41, 5.74) is 0. The van der Waals surface area contributed by atoms with Crippen LogP contribution in [0, 0.1) is 0 Å². The second-order valence-electron chi connectivity index (χ2n) is 2.91. The molecule has 0 atom stereocenters. The highest BCUT2D eigenvalue weighted by Crippen LogP contribution is 2.15. The number of piperidine rings is 1. The summed E-state index contributed by atoms with van der Waals surface area (Å²) in [7, 11) is 0. The molecule has 1 aliphatic heterocycles. The number of rotatable bonds is 2. The molecule has 3 heteroatoms. The summed E-state index contributed by atoms with van der Waals surface area (Å²) >= 11 is 7.00. The van der Waals surface area contributed by atoms with E-state index in [0.29, 0.717) is 0 Å². The SMILES string of the molecule is C=CCSC(=S)N1CCCCC1. The van der Waals surface area contributed by atoms with E-state index in [9.17, 15) is 0 Å². The van der Waals surface area contributed by atoms with Gasteiger partial charge in [-0.15, -0.1) is 6.58 Å². The van der Waals surface area contributed by atoms with Crippen LogP contribution >= 0.6 is 24.0 Å². The first-order valence-electron chi connectivity index (χ1n) is 4.37. The predicted octanol–water partition coefficient (Wildman–Crippen LogP) is 2.68. The zero-order valence-corrected chi connectivity index (χ0v) is 8.92. The van der Waals surface area contributed by atoms with Crippen LogP contribution in [-0.4, -0.2) is 28.1 Å². The topological polar surface area (TPSA) is 3.24 Å². The standard InChI is InChI=1S/C9H15NS2/c1-2-8-12-9(11)10-6-4-3-5-7-10/h2H,1,3-8H2. The number of thiocarbonyl (C=S) groups is 1. The van der Waals surface area contributed by atoms with Gasteiger partial charge in [-0.05, 0) is 19.3 Å². The molecule has 0 aliphatic carbocycles. The first-order chi connectivity index (χ1) is 5.84. The van der Waals surface area contributed by atoms with Gasteiger partial charge in [0.05, 0.1) is 0 Å². The Morgan fingerprint density at radius 1 is 1.42 bits per heavy atom. The highest BCUT2D eigenvalue weighted by Gasteiger charge is 2.12. The lowest BCUT2D eigenvalue weighted by Crippen LogP contribution is -2.32. The van der Waals surface area contributed by atoms with Crippen molar-refractivity contribution in [2.24, 2.45) is 0 Å². The summed E-state index contributed by atoms with van der Waals surface area (Å²) in [6, 6.07) is 0. The van der Waals surface area contributed by atoms with E-state index in [0.717, 1.165) is 23.2 Å². The lowest BCUT2D eigenvalue weighted by Gasteiger charge is -2.28. The van der Waals surface area contributed by atoms with E-state index in [1.54, 1.807) is 11.8 Å². The predicted molar refractivity (Wildman–Crippen MR) is 60.7 cm³/mol. The second kappa shape index (κ2) is 5.60. The van der Waals surface area contributed by atoms with Crippen molar-refractivity contribution >= 4 is 28.3 Å². The number of hydrogen-bond acceptors (Lipinski definition) is 2. The van der Waals surface area contributed by atoms with Crippen molar-refractivity contribution in [1.82, 2.24) is 4.90 Å². The molecule has 0 aromatic carbocycles. The molecular weight excluding hydrogens is 186 g/mol. The molecule has 0 spiro atoms. The Morgan fingerprint density at radius 2 is 2.08 bits per heavy atom. The van der Waals surface area contributed by atoms with E-state index in [1.807, 2.05) is 6.08 Å². The van der Waals surface area contributed by atoms with Gasteiger partial charge in [0.2, 0.25) is 0 Å². The molecule has 12 heavy (non-hydrogen) atoms. The van der Waals surface area contributed by atoms with Gasteiger partial charge < -0.3 is 4.90 Å². The van der Waals surface area contributed by atoms with Gasteiger partial charge >= 0.3 is 0 Å². The van der Waals surface area contributed by atoms with E-state index in [2.05, 4.69) is 11.5 Å². The molecule has 0 saturated carbocycles. The van der Waals surface area contributed by atoms with Crippen molar-refractivity contribution in [3.8, 4) is 0 Å². The van der Waals surface area contributed by atoms with Gasteiger partial charge in [0.25, 0.3) is 0 Å². The van der Waals surface area contributed by atoms with Crippen LogP contribution in [0.25, 0.3) is 0 Å². The molecule has 1 fully saturated rings. The molecule has 0 bridgehead atoms. The molecule has 1 nitrogen and oxygen atoms in total. The summed E-state index contributed by atoms with van der Waals surface area (Å²) in [5.74, 6) is 0.940. The molecule has 1 heterocycles. The molecule has 1 rings (SSSR count). The molecular formula is C9H15NS2. The lowest BCUT2D eigenvalue weighted by molar-refractivity contribution is 0.352. The van der Waals surface area contributed by atoms with Gasteiger partial charge in [0, 0.05) is 18.8 Å². The number of likely N-dealkylation sites (tertiary alicyclic amines) is 1. The largest absolute Gasteiger partial charge is 0.358 e. The van der Waals surface area contributed by atoms with Crippen LogP contribution in [0.4, 0.5) is 0 Å². The molecule has 68 valence electrons. The Morgan fingerprint density at radius 3 is 2.67 bits per heavy atom. The number of hydrogen-bond donors (Lipinski definition) is 0. The third-order valence-corrected chi connectivity index (χ3v) is 3.46. The fourth-order valence-corrected chi connectivity index (χ4v) is 2.31. The Hall–Kier alpha value is -0.0200. The number of nitrogens with zero attached hydrogens (tertiary/aromatic N) is 1. The highest BCUT2D eigenvalue weighted by atomic mass is 32.2. The van der Waals surface area contributed by atoms with Crippen molar-refractivity contribution < 1.29 is 0 Å². The van der Waals surface area contributed by atoms with E-state index < -0.39 is 0 Å². The van der Waals surface area contributed by atoms with Crippen molar-refractivity contribution in [3.63, 3.8) is 0 Å². The maximum atomic E-state index is 5.28. The molecule has 0 N–H and O–H groups in total. The van der Waals surface area contributed by atoms with Crippen LogP contribution in [0.3, 0.4) is 0 Å². The van der Waals surface area contributed by atoms with Crippen LogP contribution in [-0.2, 0) is 0 Å². The van der Waals surface area contributed by atoms with Gasteiger partial charge in [-0.2, -0.15) is 0 Å². The van der Waals surface area contributed by atoms with E-state index in [1.165, 1.54) is 19.3 Å². The van der Waals surface area contributed by atoms with Crippen molar-refractivity contribution in [1.29, 1.82) is 0 Å². The van der Waals surface area contributed by atoms with E-state index in [-0.39, 0.29) is 0 Å². The minimum atomic E-state index is 0.940. The Kier molecular flexibility index (Phi) is 4.69. The van der Waals surface area contributed by atoms with Gasteiger partial charge in [0.1, 0.15) is 4.32 Å². The first kappa shape index (κ1) is 10.1. The fourth-order valence-electron chi connectivity index (χ4n) is 1.30. The molecule has 1 saturated heterocycles. The van der Waals surface area contributed by atoms with Crippen molar-refractivity contribution in [3.05, 3.63) is 12.7 Å². The second-order valence-corrected chi connectivity index (χ2v) is 4.57. The Balaban J connectivity index is 2.24. The smallest absolute Gasteiger partial charge is 0.136 e. The number of thioether (sulfide) groups is 1. The van der Waals surface area contributed by atoms with E-state index in [4.69, 9.17) is 12.2 Å². The van der Waals surface area contributed by atoms with Crippen LogP contribution in [0.2, 0.25) is 0 Å². The van der Waals surface area contributed by atoms with Gasteiger partial charge in [-0.25, -0.2) is 0 Å². The first-order valence-corrected chi connectivity index (χ1v) is 5.76. The average molecular weight is 201 g/mol. The highest BCUT2D eigenvalue weighted by molar-refractivity contribution is 8.23. The molecule has 0 unspecified atom stereocenters. The minimum Gasteiger partial charge on any atom is -0.358 e. The molecule has 1 aliphatic rings. The van der Waals surface area contributed by atoms with Crippen LogP contribution in [0.1, 0.15) is 19.3 Å². The summed E-state index contributed by atoms with van der Waals surface area (Å²) in [6.45, 7) is 5.99. The van der Waals surface area contributed by atoms with Crippen molar-refractivity contribution in [2.45, 2.75) is 19.3 Å². The molecule has 0 radical (unpaired) electrons. The zero-order valence-electron chi connectivity index (χ0n) is 7.29. The Bertz CT molecular complexity index is 162. The normalized spacial score (nSPS) is 17.5. The maximum absolute atomic E-state index is 5.28. The lowest BCUT2D eigenvalue weighted by atomic mass is 10.1. The van der Waals surface area contributed by atoms with Crippen LogP contribution in [0.15, 0.2) is 12.7 Å². The van der Waals surface area contributed by atoms with Gasteiger partial charge in [-0.1, -0.05) is 30.1 Å². The quantitative estimate of drug-likeness (QED) is 0.499. The minimum absolute atomic E-state index is 0.940. The van der Waals surface area contributed by atoms with Crippen LogP contribution in [0.5, 0.6) is 0 Å². The average Bonchev–Trinajstić information content (AvgIpc) is 2.15. The Labute approximate surface area is 84.2 Å². The third kappa shape index (κ3) is 3.15. The maximum Gasteiger partial charge on any atom is 0.136 e. The molecule has 0 aromatic rings. The summed E-state index contributed by atoms with van der Waals surface area (Å²) < 4.78 is 1.05.